The molecule has 3 aromatic carbocycles. The molecule has 0 bridgehead atoms. The van der Waals surface area contributed by atoms with Gasteiger partial charge in [0.05, 0.1) is 0 Å². The number of hydrogen-bond donors (Lipinski definition) is 1. The van der Waals surface area contributed by atoms with Gasteiger partial charge in [-0.1, -0.05) is 42.5 Å². The Kier molecular flexibility index (Phi) is 7.07. The average Bonchev–Trinajstić information content (AvgIpc) is 2.71. The summed E-state index contributed by atoms with van der Waals surface area (Å²) in [4.78, 5) is 6.52. The molecule has 4 nitrogen and oxygen atoms in total. The molecule has 0 radical (unpaired) electrons. The third-order valence-corrected chi connectivity index (χ3v) is 5.34. The van der Waals surface area contributed by atoms with E-state index in [9.17, 15) is 0 Å². The van der Waals surface area contributed by atoms with E-state index in [1.54, 1.807) is 0 Å². The van der Waals surface area contributed by atoms with Crippen LogP contribution in [0.15, 0.2) is 66.7 Å². The minimum atomic E-state index is 0.748. The van der Waals surface area contributed by atoms with Crippen molar-refractivity contribution in [2.45, 2.75) is 6.54 Å². The van der Waals surface area contributed by atoms with Gasteiger partial charge in [0.15, 0.2) is 5.11 Å². The minimum absolute atomic E-state index is 0.748. The second kappa shape index (κ2) is 9.72. The van der Waals surface area contributed by atoms with E-state index in [-0.39, 0.29) is 0 Å². The number of rotatable bonds is 7. The van der Waals surface area contributed by atoms with Crippen LogP contribution in [-0.2, 0) is 6.54 Å². The first-order valence-corrected chi connectivity index (χ1v) is 10.3. The van der Waals surface area contributed by atoms with Crippen LogP contribution in [0.25, 0.3) is 10.8 Å². The molecule has 0 aromatic heterocycles. The fourth-order valence-electron chi connectivity index (χ4n) is 3.25. The van der Waals surface area contributed by atoms with E-state index < -0.39 is 0 Å². The van der Waals surface area contributed by atoms with Crippen molar-refractivity contribution in [3.63, 3.8) is 0 Å². The topological polar surface area (TPSA) is 21.8 Å². The number of nitrogens with zero attached hydrogens (tertiary/aromatic N) is 3. The summed E-state index contributed by atoms with van der Waals surface area (Å²) in [5.41, 5.74) is 3.46. The van der Waals surface area contributed by atoms with E-state index in [0.29, 0.717) is 0 Å². The molecule has 0 aliphatic rings. The standard InChI is InChI=1S/C24H30N4S/c1-26(2)16-17-28(18-20-10-7-9-19-8-5-6-11-23(19)20)24(29)25-21-12-14-22(15-13-21)27(3)4/h5-15H,16-18H2,1-4H3,(H,25,29). The summed E-state index contributed by atoms with van der Waals surface area (Å²) < 4.78 is 0. The Hall–Kier alpha value is -2.63. The van der Waals surface area contributed by atoms with Crippen molar-refractivity contribution in [2.24, 2.45) is 0 Å². The molecule has 3 rings (SSSR count). The lowest BCUT2D eigenvalue weighted by molar-refractivity contribution is 0.328. The molecule has 0 saturated heterocycles. The number of likely N-dealkylation sites (N-methyl/N-ethyl adjacent to an activating group) is 1. The van der Waals surface area contributed by atoms with Crippen LogP contribution in [0.1, 0.15) is 5.56 Å². The minimum Gasteiger partial charge on any atom is -0.378 e. The number of anilines is 2. The van der Waals surface area contributed by atoms with Gasteiger partial charge in [0.1, 0.15) is 0 Å². The normalized spacial score (nSPS) is 10.9. The highest BCUT2D eigenvalue weighted by Gasteiger charge is 2.13. The van der Waals surface area contributed by atoms with Gasteiger partial charge in [-0.05, 0) is 66.9 Å². The van der Waals surface area contributed by atoms with E-state index in [1.807, 2.05) is 14.1 Å². The Labute approximate surface area is 179 Å². The van der Waals surface area contributed by atoms with E-state index in [4.69, 9.17) is 12.2 Å². The molecule has 0 aliphatic carbocycles. The van der Waals surface area contributed by atoms with Gasteiger partial charge in [0, 0.05) is 45.1 Å². The monoisotopic (exact) mass is 406 g/mol. The SMILES string of the molecule is CN(C)CCN(Cc1cccc2ccccc12)C(=S)Nc1ccc(N(C)C)cc1. The van der Waals surface area contributed by atoms with Crippen LogP contribution in [0, 0.1) is 0 Å². The number of hydrogen-bond acceptors (Lipinski definition) is 3. The number of fused-ring (bicyclic) bond motifs is 1. The van der Waals surface area contributed by atoms with Crippen molar-refractivity contribution >= 4 is 39.5 Å². The van der Waals surface area contributed by atoms with Crippen molar-refractivity contribution in [3.8, 4) is 0 Å². The van der Waals surface area contributed by atoms with Gasteiger partial charge in [-0.25, -0.2) is 0 Å². The van der Waals surface area contributed by atoms with Gasteiger partial charge in [0.25, 0.3) is 0 Å². The molecule has 0 atom stereocenters. The summed E-state index contributed by atoms with van der Waals surface area (Å²) in [5.74, 6) is 0. The van der Waals surface area contributed by atoms with E-state index in [2.05, 4.69) is 101 Å². The predicted octanol–water partition coefficient (Wildman–Crippen LogP) is 4.67. The smallest absolute Gasteiger partial charge is 0.173 e. The largest absolute Gasteiger partial charge is 0.378 e. The highest BCUT2D eigenvalue weighted by atomic mass is 32.1. The third kappa shape index (κ3) is 5.68. The third-order valence-electron chi connectivity index (χ3n) is 4.98. The van der Waals surface area contributed by atoms with E-state index in [1.165, 1.54) is 22.0 Å². The van der Waals surface area contributed by atoms with Gasteiger partial charge >= 0.3 is 0 Å². The Balaban J connectivity index is 1.79. The van der Waals surface area contributed by atoms with Gasteiger partial charge in [-0.15, -0.1) is 0 Å². The molecule has 1 N–H and O–H groups in total. The zero-order chi connectivity index (χ0) is 20.8. The second-order valence-corrected chi connectivity index (χ2v) is 8.12. The molecule has 0 saturated carbocycles. The molecule has 29 heavy (non-hydrogen) atoms. The van der Waals surface area contributed by atoms with Crippen molar-refractivity contribution in [1.82, 2.24) is 9.80 Å². The molecule has 152 valence electrons. The van der Waals surface area contributed by atoms with Crippen LogP contribution in [0.5, 0.6) is 0 Å². The number of thiocarbonyl (C=S) groups is 1. The highest BCUT2D eigenvalue weighted by molar-refractivity contribution is 7.80. The maximum absolute atomic E-state index is 5.80. The van der Waals surface area contributed by atoms with Crippen LogP contribution < -0.4 is 10.2 Å². The fraction of sp³-hybridized carbons (Fsp3) is 0.292. The average molecular weight is 407 g/mol. The van der Waals surface area contributed by atoms with Crippen molar-refractivity contribution in [3.05, 3.63) is 72.3 Å². The zero-order valence-electron chi connectivity index (χ0n) is 17.7. The molecular formula is C24H30N4S. The quantitative estimate of drug-likeness (QED) is 0.574. The number of nitrogens with one attached hydrogen (secondary N) is 1. The summed E-state index contributed by atoms with van der Waals surface area (Å²) in [5, 5.41) is 6.71. The Morgan fingerprint density at radius 2 is 1.52 bits per heavy atom. The lowest BCUT2D eigenvalue weighted by atomic mass is 10.0. The first-order valence-electron chi connectivity index (χ1n) is 9.89. The number of benzene rings is 3. The van der Waals surface area contributed by atoms with Crippen molar-refractivity contribution in [1.29, 1.82) is 0 Å². The summed E-state index contributed by atoms with van der Waals surface area (Å²) in [6, 6.07) is 23.3. The molecule has 0 fully saturated rings. The molecule has 0 aliphatic heterocycles. The predicted molar refractivity (Wildman–Crippen MR) is 130 cm³/mol. The molecule has 0 heterocycles. The first-order chi connectivity index (χ1) is 13.9. The van der Waals surface area contributed by atoms with E-state index in [0.717, 1.165) is 30.4 Å². The summed E-state index contributed by atoms with van der Waals surface area (Å²) in [6.07, 6.45) is 0. The molecule has 3 aromatic rings. The molecule has 0 unspecified atom stereocenters. The van der Waals surface area contributed by atoms with Crippen molar-refractivity contribution < 1.29 is 0 Å². The molecule has 0 spiro atoms. The Morgan fingerprint density at radius 3 is 2.21 bits per heavy atom. The van der Waals surface area contributed by atoms with Crippen LogP contribution in [-0.4, -0.2) is 56.2 Å². The van der Waals surface area contributed by atoms with Crippen LogP contribution in [0.4, 0.5) is 11.4 Å². The maximum atomic E-state index is 5.80. The Morgan fingerprint density at radius 1 is 0.828 bits per heavy atom. The summed E-state index contributed by atoms with van der Waals surface area (Å²) >= 11 is 5.80. The summed E-state index contributed by atoms with van der Waals surface area (Å²) in [6.45, 7) is 2.57. The van der Waals surface area contributed by atoms with Crippen LogP contribution in [0.3, 0.4) is 0 Å². The van der Waals surface area contributed by atoms with Gasteiger partial charge < -0.3 is 20.0 Å². The van der Waals surface area contributed by atoms with Crippen LogP contribution >= 0.6 is 12.2 Å². The molecular weight excluding hydrogens is 376 g/mol. The second-order valence-electron chi connectivity index (χ2n) is 7.73. The lowest BCUT2D eigenvalue weighted by Gasteiger charge is -2.28. The van der Waals surface area contributed by atoms with Crippen LogP contribution in [0.2, 0.25) is 0 Å². The van der Waals surface area contributed by atoms with Gasteiger partial charge in [-0.2, -0.15) is 0 Å². The fourth-order valence-corrected chi connectivity index (χ4v) is 3.53. The van der Waals surface area contributed by atoms with E-state index >= 15 is 0 Å². The van der Waals surface area contributed by atoms with Crippen molar-refractivity contribution in [2.75, 3.05) is 51.5 Å². The summed E-state index contributed by atoms with van der Waals surface area (Å²) in [7, 11) is 8.26. The highest BCUT2D eigenvalue weighted by Crippen LogP contribution is 2.21. The maximum Gasteiger partial charge on any atom is 0.173 e. The molecule has 0 amide bonds. The lowest BCUT2D eigenvalue weighted by Crippen LogP contribution is -2.38. The Bertz CT molecular complexity index is 945. The van der Waals surface area contributed by atoms with Gasteiger partial charge in [-0.3, -0.25) is 0 Å². The first kappa shape index (κ1) is 21.1. The van der Waals surface area contributed by atoms with Gasteiger partial charge in [0.2, 0.25) is 0 Å². The zero-order valence-corrected chi connectivity index (χ0v) is 18.5. The molecule has 5 heteroatoms.